The van der Waals surface area contributed by atoms with Crippen molar-refractivity contribution in [1.29, 1.82) is 0 Å². The van der Waals surface area contributed by atoms with Gasteiger partial charge in [0.25, 0.3) is 0 Å². The summed E-state index contributed by atoms with van der Waals surface area (Å²) in [6, 6.07) is 61.8. The molecule has 2 aromatic heterocycles. The first kappa shape index (κ1) is 34.0. The average molecular weight is 851 g/mol. The summed E-state index contributed by atoms with van der Waals surface area (Å²) in [6.45, 7) is 4.17. The van der Waals surface area contributed by atoms with Crippen molar-refractivity contribution in [2.24, 2.45) is 0 Å². The van der Waals surface area contributed by atoms with Crippen LogP contribution < -0.4 is 25.5 Å². The van der Waals surface area contributed by atoms with E-state index in [1.807, 2.05) is 42.7 Å². The Kier molecular flexibility index (Phi) is 9.87. The number of hydrogen-bond donors (Lipinski definition) is 0. The molecule has 0 saturated carbocycles. The van der Waals surface area contributed by atoms with Crippen LogP contribution in [0.15, 0.2) is 170 Å². The molecule has 3 heterocycles. The smallest absolute Gasteiger partial charge is 0.169 e. The summed E-state index contributed by atoms with van der Waals surface area (Å²) in [5.41, 5.74) is 6.34. The summed E-state index contributed by atoms with van der Waals surface area (Å²) in [5.74, 6) is 1.77. The van der Waals surface area contributed by atoms with Crippen molar-refractivity contribution in [2.75, 3.05) is 0 Å². The Morgan fingerprint density at radius 3 is 2.00 bits per heavy atom. The monoisotopic (exact) mass is 851 g/mol. The molecule has 0 atom stereocenters. The van der Waals surface area contributed by atoms with E-state index >= 15 is 0 Å². The number of aromatic nitrogens is 2. The Balaban J connectivity index is 0.000000228. The van der Waals surface area contributed by atoms with E-state index in [-0.39, 0.29) is 20.1 Å². The fraction of sp³-hybridized carbons (Fsp3) is 0.0435. The summed E-state index contributed by atoms with van der Waals surface area (Å²) in [5, 5.41) is 7.39. The molecule has 0 saturated heterocycles. The fourth-order valence-electron chi connectivity index (χ4n) is 6.99. The normalized spacial score (nSPS) is 12.3. The van der Waals surface area contributed by atoms with Crippen LogP contribution in [-0.2, 0) is 20.1 Å². The van der Waals surface area contributed by atoms with Crippen molar-refractivity contribution in [1.82, 2.24) is 9.97 Å². The molecule has 0 aliphatic carbocycles. The second kappa shape index (κ2) is 14.8. The molecule has 51 heavy (non-hydrogen) atoms. The van der Waals surface area contributed by atoms with Crippen LogP contribution in [0.3, 0.4) is 0 Å². The van der Waals surface area contributed by atoms with E-state index in [1.165, 1.54) is 31.9 Å². The van der Waals surface area contributed by atoms with E-state index in [9.17, 15) is 0 Å². The molecule has 5 heteroatoms. The third-order valence-electron chi connectivity index (χ3n) is 9.54. The largest absolute Gasteiger partial charge is 0.502 e. The molecule has 1 radical (unpaired) electrons. The molecule has 0 bridgehead atoms. The van der Waals surface area contributed by atoms with Crippen LogP contribution in [0.1, 0.15) is 11.1 Å². The minimum atomic E-state index is -2.68. The third-order valence-corrected chi connectivity index (χ3v) is 14.4. The first-order valence-corrected chi connectivity index (χ1v) is 18.8. The minimum absolute atomic E-state index is 0. The molecule has 6 aromatic carbocycles. The molecule has 1 aliphatic heterocycles. The number of para-hydroxylation sites is 1. The van der Waals surface area contributed by atoms with E-state index in [1.54, 1.807) is 0 Å². The van der Waals surface area contributed by atoms with Crippen molar-refractivity contribution >= 4 is 39.6 Å². The Labute approximate surface area is 314 Å². The first-order chi connectivity index (χ1) is 24.6. The summed E-state index contributed by atoms with van der Waals surface area (Å²) < 4.78 is 6.77. The van der Waals surface area contributed by atoms with Gasteiger partial charge in [-0.2, -0.15) is 0 Å². The molecular formula is C46H34IrN2OSi-2. The predicted molar refractivity (Wildman–Crippen MR) is 208 cm³/mol. The zero-order valence-corrected chi connectivity index (χ0v) is 31.7. The summed E-state index contributed by atoms with van der Waals surface area (Å²) in [6.07, 6.45) is 3.78. The Morgan fingerprint density at radius 2 is 1.27 bits per heavy atom. The summed E-state index contributed by atoms with van der Waals surface area (Å²) in [7, 11) is -2.68. The van der Waals surface area contributed by atoms with Crippen LogP contribution in [0.2, 0.25) is 0 Å². The number of ether oxygens (including phenoxy) is 1. The van der Waals surface area contributed by atoms with E-state index < -0.39 is 8.07 Å². The van der Waals surface area contributed by atoms with Gasteiger partial charge in [-0.1, -0.05) is 126 Å². The molecule has 0 unspecified atom stereocenters. The van der Waals surface area contributed by atoms with Crippen molar-refractivity contribution in [2.45, 2.75) is 13.8 Å². The van der Waals surface area contributed by atoms with Crippen LogP contribution in [-0.4, -0.2) is 18.0 Å². The minimum Gasteiger partial charge on any atom is -0.502 e. The van der Waals surface area contributed by atoms with Crippen molar-refractivity contribution in [3.63, 3.8) is 0 Å². The quantitative estimate of drug-likeness (QED) is 0.132. The fourth-order valence-corrected chi connectivity index (χ4v) is 11.9. The van der Waals surface area contributed by atoms with Gasteiger partial charge >= 0.3 is 0 Å². The first-order valence-electron chi connectivity index (χ1n) is 16.8. The van der Waals surface area contributed by atoms with Gasteiger partial charge in [0, 0.05) is 38.2 Å². The van der Waals surface area contributed by atoms with Crippen molar-refractivity contribution in [3.8, 4) is 34.0 Å². The van der Waals surface area contributed by atoms with Crippen LogP contribution in [0, 0.1) is 26.0 Å². The molecule has 1 aliphatic rings. The number of pyridine rings is 2. The second-order valence-corrected chi connectivity index (χ2v) is 16.2. The Morgan fingerprint density at radius 1 is 0.588 bits per heavy atom. The Bertz CT molecular complexity index is 2390. The second-order valence-electron chi connectivity index (χ2n) is 12.5. The maximum absolute atomic E-state index is 6.77. The SMILES string of the molecule is Cc1cnc(-c2[c-]cccc2)cc1C.[Ir].[c-]1ccc2c(c1-c1nccc3ccccc13)Oc1ccccc1[Si]2(c1ccccc1)c1ccccc1. The van der Waals surface area contributed by atoms with E-state index in [4.69, 9.17) is 9.72 Å². The number of aryl methyl sites for hydroxylation is 2. The molecule has 3 nitrogen and oxygen atoms in total. The summed E-state index contributed by atoms with van der Waals surface area (Å²) in [4.78, 5) is 9.22. The zero-order chi connectivity index (χ0) is 33.9. The van der Waals surface area contributed by atoms with Gasteiger partial charge in [0.2, 0.25) is 0 Å². The van der Waals surface area contributed by atoms with Crippen LogP contribution >= 0.6 is 0 Å². The van der Waals surface area contributed by atoms with E-state index in [2.05, 4.69) is 158 Å². The maximum atomic E-state index is 6.77. The molecule has 0 amide bonds. The van der Waals surface area contributed by atoms with Gasteiger partial charge in [0.15, 0.2) is 8.07 Å². The molecule has 9 rings (SSSR count). The standard InChI is InChI=1S/C33H22NOSi.C13H12N.Ir/c1-3-13-25(14-4-1)36(26-15-5-2-6-16-26)30-20-10-9-19-29(30)35-33-28(18-11-21-31(33)36)32-27-17-8-7-12-24(27)22-23-34-32;1-10-8-13(14-9-11(10)2)12-6-4-3-5-7-12;/h1-17,19-23H;3-6,8-9H,1-2H3;/q2*-1;. The van der Waals surface area contributed by atoms with Crippen molar-refractivity contribution in [3.05, 3.63) is 193 Å². The number of hydrogen-bond acceptors (Lipinski definition) is 3. The van der Waals surface area contributed by atoms with Crippen LogP contribution in [0.25, 0.3) is 33.3 Å². The zero-order valence-electron chi connectivity index (χ0n) is 28.3. The number of fused-ring (bicyclic) bond motifs is 3. The molecule has 0 fully saturated rings. The number of benzene rings is 6. The van der Waals surface area contributed by atoms with Gasteiger partial charge in [-0.05, 0) is 69.3 Å². The molecule has 0 N–H and O–H groups in total. The molecular weight excluding hydrogens is 817 g/mol. The van der Waals surface area contributed by atoms with Gasteiger partial charge in [0.1, 0.15) is 5.75 Å². The van der Waals surface area contributed by atoms with Crippen LogP contribution in [0.5, 0.6) is 11.5 Å². The number of rotatable bonds is 4. The van der Waals surface area contributed by atoms with Crippen LogP contribution in [0.4, 0.5) is 0 Å². The molecule has 249 valence electrons. The predicted octanol–water partition coefficient (Wildman–Crippen LogP) is 8.35. The van der Waals surface area contributed by atoms with Gasteiger partial charge in [-0.15, -0.1) is 54.1 Å². The third kappa shape index (κ3) is 6.25. The van der Waals surface area contributed by atoms with Gasteiger partial charge in [-0.3, -0.25) is 0 Å². The van der Waals surface area contributed by atoms with Gasteiger partial charge < -0.3 is 14.7 Å². The topological polar surface area (TPSA) is 35.0 Å². The summed E-state index contributed by atoms with van der Waals surface area (Å²) >= 11 is 0. The Hall–Kier alpha value is -5.45. The average Bonchev–Trinajstić information content (AvgIpc) is 3.19. The van der Waals surface area contributed by atoms with Gasteiger partial charge in [0.05, 0.1) is 0 Å². The van der Waals surface area contributed by atoms with E-state index in [0.717, 1.165) is 44.8 Å². The molecule has 0 spiro atoms. The van der Waals surface area contributed by atoms with E-state index in [0.29, 0.717) is 0 Å². The molecule has 8 aromatic rings. The number of nitrogens with zero attached hydrogens (tertiary/aromatic N) is 2. The van der Waals surface area contributed by atoms with Crippen molar-refractivity contribution < 1.29 is 24.8 Å². The van der Waals surface area contributed by atoms with Gasteiger partial charge in [-0.25, -0.2) is 0 Å². The maximum Gasteiger partial charge on any atom is 0.169 e.